The van der Waals surface area contributed by atoms with Gasteiger partial charge in [-0.1, -0.05) is 17.7 Å². The van der Waals surface area contributed by atoms with Gasteiger partial charge in [-0.25, -0.2) is 0 Å². The van der Waals surface area contributed by atoms with Crippen LogP contribution in [0.4, 0.5) is 5.69 Å². The van der Waals surface area contributed by atoms with Gasteiger partial charge in [-0.05, 0) is 45.4 Å². The van der Waals surface area contributed by atoms with E-state index < -0.39 is 0 Å². The van der Waals surface area contributed by atoms with E-state index in [0.29, 0.717) is 18.1 Å². The van der Waals surface area contributed by atoms with Crippen LogP contribution in [0.2, 0.25) is 5.02 Å². The highest BCUT2D eigenvalue weighted by Gasteiger charge is 2.25. The summed E-state index contributed by atoms with van der Waals surface area (Å²) >= 11 is 6.02. The predicted molar refractivity (Wildman–Crippen MR) is 108 cm³/mol. The topological polar surface area (TPSA) is 67.1 Å². The Bertz CT molecular complexity index is 672. The summed E-state index contributed by atoms with van der Waals surface area (Å²) in [6.45, 7) is 12.6. The summed E-state index contributed by atoms with van der Waals surface area (Å²) in [5.41, 5.74) is 1.57. The first-order valence-corrected chi connectivity index (χ1v) is 10.0. The number of carbonyl (C=O) groups is 2. The fourth-order valence-corrected chi connectivity index (χ4v) is 3.56. The van der Waals surface area contributed by atoms with Crippen LogP contribution >= 0.6 is 11.6 Å². The molecule has 2 rings (SSSR count). The Balaban J connectivity index is 1.81. The maximum atomic E-state index is 12.4. The van der Waals surface area contributed by atoms with Gasteiger partial charge < -0.3 is 20.4 Å². The van der Waals surface area contributed by atoms with Gasteiger partial charge in [-0.3, -0.25) is 9.59 Å². The molecule has 150 valence electrons. The summed E-state index contributed by atoms with van der Waals surface area (Å²) in [5, 5.41) is 6.62. The third-order valence-corrected chi connectivity index (χ3v) is 4.94. The van der Waals surface area contributed by atoms with Gasteiger partial charge in [-0.15, -0.1) is 0 Å². The number of rotatable bonds is 5. The molecule has 1 aromatic rings. The lowest BCUT2D eigenvalue weighted by atomic mass is 10.1. The summed E-state index contributed by atoms with van der Waals surface area (Å²) in [6, 6.07) is 5.51. The molecule has 27 heavy (non-hydrogen) atoms. The van der Waals surface area contributed by atoms with E-state index in [1.165, 1.54) is 9.80 Å². The quantitative estimate of drug-likeness (QED) is 0.551. The molecular formula is C20H33ClN4O2+2. The normalized spacial score (nSPS) is 20.6. The second-order valence-electron chi connectivity index (χ2n) is 8.51. The van der Waals surface area contributed by atoms with Crippen molar-refractivity contribution in [3.63, 3.8) is 0 Å². The molecule has 4 N–H and O–H groups in total. The van der Waals surface area contributed by atoms with Gasteiger partial charge in [0.2, 0.25) is 0 Å². The van der Waals surface area contributed by atoms with Crippen LogP contribution in [-0.2, 0) is 9.59 Å². The standard InChI is InChI=1S/C20H31ClN4O2/c1-15-6-7-16(21)12-17(15)22-18(26)13-24-8-5-9-25(11-10-24)14-19(27)23-20(2,3)4/h6-7,12H,5,8-11,13-14H2,1-4H3,(H,22,26)(H,23,27)/p+2. The molecule has 6 nitrogen and oxygen atoms in total. The highest BCUT2D eigenvalue weighted by Crippen LogP contribution is 2.19. The van der Waals surface area contributed by atoms with Crippen LogP contribution in [-0.4, -0.2) is 56.6 Å². The molecule has 1 heterocycles. The molecule has 1 aliphatic rings. The maximum Gasteiger partial charge on any atom is 0.279 e. The van der Waals surface area contributed by atoms with Crippen molar-refractivity contribution in [3.05, 3.63) is 28.8 Å². The van der Waals surface area contributed by atoms with Crippen molar-refractivity contribution in [2.75, 3.05) is 44.6 Å². The molecule has 1 aliphatic heterocycles. The number of nitrogens with one attached hydrogen (secondary N) is 4. The Morgan fingerprint density at radius 3 is 2.22 bits per heavy atom. The van der Waals surface area contributed by atoms with Crippen LogP contribution in [0.25, 0.3) is 0 Å². The van der Waals surface area contributed by atoms with Crippen molar-refractivity contribution in [3.8, 4) is 0 Å². The van der Waals surface area contributed by atoms with Crippen molar-refractivity contribution in [1.29, 1.82) is 0 Å². The number of hydrogen-bond acceptors (Lipinski definition) is 2. The highest BCUT2D eigenvalue weighted by atomic mass is 35.5. The smallest absolute Gasteiger partial charge is 0.279 e. The first-order valence-electron chi connectivity index (χ1n) is 9.66. The summed E-state index contributed by atoms with van der Waals surface area (Å²) in [6.07, 6.45) is 1.01. The van der Waals surface area contributed by atoms with E-state index in [1.54, 1.807) is 6.07 Å². The molecule has 1 fully saturated rings. The number of benzene rings is 1. The molecule has 0 saturated carbocycles. The van der Waals surface area contributed by atoms with Gasteiger partial charge in [0.1, 0.15) is 13.1 Å². The molecule has 0 spiro atoms. The van der Waals surface area contributed by atoms with Crippen molar-refractivity contribution in [2.45, 2.75) is 39.7 Å². The molecule has 7 heteroatoms. The Morgan fingerprint density at radius 2 is 1.63 bits per heavy atom. The van der Waals surface area contributed by atoms with Crippen LogP contribution in [0.15, 0.2) is 18.2 Å². The van der Waals surface area contributed by atoms with Crippen LogP contribution in [0, 0.1) is 6.92 Å². The average molecular weight is 397 g/mol. The summed E-state index contributed by atoms with van der Waals surface area (Å²) in [4.78, 5) is 27.1. The number of quaternary nitrogens is 2. The Labute approximate surface area is 167 Å². The van der Waals surface area contributed by atoms with Gasteiger partial charge in [0.15, 0.2) is 13.1 Å². The van der Waals surface area contributed by atoms with E-state index in [-0.39, 0.29) is 17.4 Å². The van der Waals surface area contributed by atoms with Crippen LogP contribution in [0.3, 0.4) is 0 Å². The molecule has 1 aromatic carbocycles. The molecule has 1 saturated heterocycles. The lowest BCUT2D eigenvalue weighted by molar-refractivity contribution is -0.930. The Morgan fingerprint density at radius 1 is 1.04 bits per heavy atom. The van der Waals surface area contributed by atoms with E-state index in [9.17, 15) is 9.59 Å². The summed E-state index contributed by atoms with van der Waals surface area (Å²) < 4.78 is 0. The average Bonchev–Trinajstić information content (AvgIpc) is 2.74. The first-order chi connectivity index (χ1) is 12.6. The fourth-order valence-electron chi connectivity index (χ4n) is 3.39. The minimum absolute atomic E-state index is 0.00397. The van der Waals surface area contributed by atoms with E-state index in [1.807, 2.05) is 39.8 Å². The number of anilines is 1. The SMILES string of the molecule is Cc1ccc(Cl)cc1NC(=O)C[NH+]1CCC[NH+](CC(=O)NC(C)(C)C)CC1. The summed E-state index contributed by atoms with van der Waals surface area (Å²) in [5.74, 6) is 0.0967. The number of hydrogen-bond donors (Lipinski definition) is 4. The molecule has 0 bridgehead atoms. The minimum Gasteiger partial charge on any atom is -0.347 e. The molecule has 2 atom stereocenters. The minimum atomic E-state index is -0.198. The highest BCUT2D eigenvalue weighted by molar-refractivity contribution is 6.31. The molecule has 0 aromatic heterocycles. The third kappa shape index (κ3) is 7.87. The number of aryl methyl sites for hydroxylation is 1. The van der Waals surface area contributed by atoms with Crippen LogP contribution < -0.4 is 20.4 Å². The molecular weight excluding hydrogens is 364 g/mol. The number of amides is 2. The monoisotopic (exact) mass is 396 g/mol. The largest absolute Gasteiger partial charge is 0.347 e. The third-order valence-electron chi connectivity index (χ3n) is 4.70. The molecule has 0 aliphatic carbocycles. The van der Waals surface area contributed by atoms with E-state index >= 15 is 0 Å². The fraction of sp³-hybridized carbons (Fsp3) is 0.600. The first kappa shape index (κ1) is 21.7. The van der Waals surface area contributed by atoms with Crippen LogP contribution in [0.5, 0.6) is 0 Å². The van der Waals surface area contributed by atoms with Gasteiger partial charge in [0.05, 0.1) is 13.1 Å². The van der Waals surface area contributed by atoms with Crippen LogP contribution in [0.1, 0.15) is 32.8 Å². The van der Waals surface area contributed by atoms with E-state index in [0.717, 1.165) is 43.9 Å². The van der Waals surface area contributed by atoms with Gasteiger partial charge >= 0.3 is 0 Å². The predicted octanol–water partition coefficient (Wildman–Crippen LogP) is -0.325. The number of carbonyl (C=O) groups excluding carboxylic acids is 2. The molecule has 2 unspecified atom stereocenters. The van der Waals surface area contributed by atoms with Gasteiger partial charge in [0.25, 0.3) is 11.8 Å². The van der Waals surface area contributed by atoms with Crippen molar-refractivity contribution in [1.82, 2.24) is 5.32 Å². The van der Waals surface area contributed by atoms with Crippen molar-refractivity contribution < 1.29 is 19.4 Å². The van der Waals surface area contributed by atoms with E-state index in [2.05, 4.69) is 10.6 Å². The zero-order chi connectivity index (χ0) is 20.0. The molecule has 0 radical (unpaired) electrons. The lowest BCUT2D eigenvalue weighted by Crippen LogP contribution is -3.18. The Hall–Kier alpha value is -1.63. The zero-order valence-corrected chi connectivity index (χ0v) is 17.6. The second-order valence-corrected chi connectivity index (χ2v) is 8.95. The lowest BCUT2D eigenvalue weighted by Gasteiger charge is -2.22. The van der Waals surface area contributed by atoms with Crippen molar-refractivity contribution >= 4 is 29.1 Å². The number of halogens is 1. The Kier molecular flexibility index (Phi) is 7.65. The zero-order valence-electron chi connectivity index (χ0n) is 16.9. The second kappa shape index (κ2) is 9.53. The molecule has 2 amide bonds. The van der Waals surface area contributed by atoms with Crippen molar-refractivity contribution in [2.24, 2.45) is 0 Å². The maximum absolute atomic E-state index is 12.4. The van der Waals surface area contributed by atoms with Gasteiger partial charge in [-0.2, -0.15) is 0 Å². The van der Waals surface area contributed by atoms with E-state index in [4.69, 9.17) is 11.6 Å². The summed E-state index contributed by atoms with van der Waals surface area (Å²) in [7, 11) is 0. The van der Waals surface area contributed by atoms with Gasteiger partial charge in [0, 0.05) is 22.7 Å².